The summed E-state index contributed by atoms with van der Waals surface area (Å²) in [4.78, 5) is 6.79. The van der Waals surface area contributed by atoms with Gasteiger partial charge in [0.05, 0.1) is 11.8 Å². The summed E-state index contributed by atoms with van der Waals surface area (Å²) in [5.74, 6) is 1.48. The van der Waals surface area contributed by atoms with Gasteiger partial charge in [-0.2, -0.15) is 0 Å². The second-order valence-electron chi connectivity index (χ2n) is 5.26. The molecule has 4 heteroatoms. The Morgan fingerprint density at radius 2 is 2.47 bits per heavy atom. The van der Waals surface area contributed by atoms with Crippen molar-refractivity contribution in [2.75, 3.05) is 20.1 Å². The van der Waals surface area contributed by atoms with Crippen molar-refractivity contribution >= 4 is 0 Å². The third-order valence-electron chi connectivity index (χ3n) is 3.29. The molecule has 1 aromatic rings. The van der Waals surface area contributed by atoms with Gasteiger partial charge in [0.1, 0.15) is 6.26 Å². The van der Waals surface area contributed by atoms with Crippen molar-refractivity contribution in [1.29, 1.82) is 0 Å². The monoisotopic (exact) mass is 238 g/mol. The fraction of sp³-hybridized carbons (Fsp3) is 0.769. The summed E-state index contributed by atoms with van der Waals surface area (Å²) < 4.78 is 5.46. The van der Waals surface area contributed by atoms with Crippen LogP contribution < -0.4 is 0 Å². The lowest BCUT2D eigenvalue weighted by Crippen LogP contribution is -2.33. The molecule has 0 spiro atoms. The van der Waals surface area contributed by atoms with Crippen molar-refractivity contribution in [2.24, 2.45) is 5.92 Å². The van der Waals surface area contributed by atoms with Crippen LogP contribution in [0.1, 0.15) is 31.4 Å². The van der Waals surface area contributed by atoms with E-state index in [0.29, 0.717) is 12.3 Å². The molecule has 1 fully saturated rings. The van der Waals surface area contributed by atoms with E-state index >= 15 is 0 Å². The van der Waals surface area contributed by atoms with E-state index in [9.17, 15) is 5.11 Å². The second-order valence-corrected chi connectivity index (χ2v) is 5.26. The molecule has 0 bridgehead atoms. The first-order chi connectivity index (χ1) is 8.13. The average Bonchev–Trinajstić information content (AvgIpc) is 2.64. The number of likely N-dealkylation sites (tertiary alicyclic amines) is 1. The Labute approximate surface area is 103 Å². The fourth-order valence-corrected chi connectivity index (χ4v) is 2.53. The Kier molecular flexibility index (Phi) is 4.18. The number of piperidine rings is 1. The highest BCUT2D eigenvalue weighted by molar-refractivity contribution is 4.99. The summed E-state index contributed by atoms with van der Waals surface area (Å²) in [7, 11) is 2.17. The minimum Gasteiger partial charge on any atom is -0.449 e. The van der Waals surface area contributed by atoms with E-state index in [0.717, 1.165) is 24.6 Å². The molecule has 96 valence electrons. The van der Waals surface area contributed by atoms with Gasteiger partial charge < -0.3 is 14.4 Å². The largest absolute Gasteiger partial charge is 0.449 e. The SMILES string of the molecule is CC(O)Cc1coc(CC2CCCN(C)C2)n1. The lowest BCUT2D eigenvalue weighted by atomic mass is 9.95. The molecular weight excluding hydrogens is 216 g/mol. The number of aromatic nitrogens is 1. The van der Waals surface area contributed by atoms with Gasteiger partial charge in [0.15, 0.2) is 5.89 Å². The molecule has 1 aliphatic rings. The van der Waals surface area contributed by atoms with Crippen LogP contribution in [0.2, 0.25) is 0 Å². The first-order valence-corrected chi connectivity index (χ1v) is 6.43. The zero-order chi connectivity index (χ0) is 12.3. The molecule has 2 unspecified atom stereocenters. The molecule has 1 aliphatic heterocycles. The zero-order valence-electron chi connectivity index (χ0n) is 10.7. The van der Waals surface area contributed by atoms with Gasteiger partial charge in [-0.3, -0.25) is 0 Å². The number of oxazole rings is 1. The minimum atomic E-state index is -0.353. The number of hydrogen-bond donors (Lipinski definition) is 1. The van der Waals surface area contributed by atoms with Gasteiger partial charge in [-0.1, -0.05) is 0 Å². The van der Waals surface area contributed by atoms with Gasteiger partial charge in [-0.15, -0.1) is 0 Å². The predicted molar refractivity (Wildman–Crippen MR) is 65.8 cm³/mol. The molecule has 0 amide bonds. The third-order valence-corrected chi connectivity index (χ3v) is 3.29. The highest BCUT2D eigenvalue weighted by Crippen LogP contribution is 2.19. The van der Waals surface area contributed by atoms with Gasteiger partial charge in [0.25, 0.3) is 0 Å². The second kappa shape index (κ2) is 5.65. The van der Waals surface area contributed by atoms with Crippen molar-refractivity contribution in [3.05, 3.63) is 17.8 Å². The predicted octanol–water partition coefficient (Wildman–Crippen LogP) is 1.48. The van der Waals surface area contributed by atoms with Crippen LogP contribution in [0.4, 0.5) is 0 Å². The Balaban J connectivity index is 1.87. The smallest absolute Gasteiger partial charge is 0.194 e. The lowest BCUT2D eigenvalue weighted by Gasteiger charge is -2.28. The maximum absolute atomic E-state index is 9.28. The zero-order valence-corrected chi connectivity index (χ0v) is 10.7. The summed E-state index contributed by atoms with van der Waals surface area (Å²) in [5.41, 5.74) is 0.860. The molecule has 0 aliphatic carbocycles. The van der Waals surface area contributed by atoms with E-state index in [1.807, 2.05) is 0 Å². The molecule has 0 radical (unpaired) electrons. The van der Waals surface area contributed by atoms with Gasteiger partial charge in [-0.25, -0.2) is 4.98 Å². The van der Waals surface area contributed by atoms with Gasteiger partial charge in [0.2, 0.25) is 0 Å². The van der Waals surface area contributed by atoms with Crippen LogP contribution in [-0.2, 0) is 12.8 Å². The van der Waals surface area contributed by atoms with Crippen LogP contribution in [0.15, 0.2) is 10.7 Å². The number of nitrogens with zero attached hydrogens (tertiary/aromatic N) is 2. The van der Waals surface area contributed by atoms with Crippen LogP contribution in [-0.4, -0.2) is 41.2 Å². The first kappa shape index (κ1) is 12.6. The molecule has 4 nitrogen and oxygen atoms in total. The fourth-order valence-electron chi connectivity index (χ4n) is 2.53. The number of rotatable bonds is 4. The van der Waals surface area contributed by atoms with Crippen molar-refractivity contribution < 1.29 is 9.52 Å². The van der Waals surface area contributed by atoms with E-state index in [2.05, 4.69) is 16.9 Å². The molecule has 1 saturated heterocycles. The summed E-state index contributed by atoms with van der Waals surface area (Å²) >= 11 is 0. The Morgan fingerprint density at radius 3 is 3.18 bits per heavy atom. The Bertz CT molecular complexity index is 349. The van der Waals surface area contributed by atoms with E-state index in [4.69, 9.17) is 4.42 Å². The maximum Gasteiger partial charge on any atom is 0.194 e. The molecule has 2 rings (SSSR count). The minimum absolute atomic E-state index is 0.353. The molecular formula is C13H22N2O2. The first-order valence-electron chi connectivity index (χ1n) is 6.43. The third kappa shape index (κ3) is 3.82. The number of aliphatic hydroxyl groups is 1. The summed E-state index contributed by atoms with van der Waals surface area (Å²) in [5, 5.41) is 9.28. The van der Waals surface area contributed by atoms with Crippen molar-refractivity contribution in [1.82, 2.24) is 9.88 Å². The lowest BCUT2D eigenvalue weighted by molar-refractivity contribution is 0.194. The molecule has 0 aromatic carbocycles. The van der Waals surface area contributed by atoms with Crippen molar-refractivity contribution in [2.45, 2.75) is 38.7 Å². The highest BCUT2D eigenvalue weighted by atomic mass is 16.3. The Hall–Kier alpha value is -0.870. The summed E-state index contributed by atoms with van der Waals surface area (Å²) in [6, 6.07) is 0. The summed E-state index contributed by atoms with van der Waals surface area (Å²) in [6.45, 7) is 4.11. The van der Waals surface area contributed by atoms with Gasteiger partial charge >= 0.3 is 0 Å². The molecule has 0 saturated carbocycles. The maximum atomic E-state index is 9.28. The number of aliphatic hydroxyl groups excluding tert-OH is 1. The van der Waals surface area contributed by atoms with Crippen LogP contribution in [0, 0.1) is 5.92 Å². The topological polar surface area (TPSA) is 49.5 Å². The van der Waals surface area contributed by atoms with Crippen LogP contribution in [0.25, 0.3) is 0 Å². The standard InChI is InChI=1S/C13H22N2O2/c1-10(16)6-12-9-17-13(14-12)7-11-4-3-5-15(2)8-11/h9-11,16H,3-8H2,1-2H3. The average molecular weight is 238 g/mol. The Morgan fingerprint density at radius 1 is 1.65 bits per heavy atom. The van der Waals surface area contributed by atoms with E-state index in [1.54, 1.807) is 13.2 Å². The highest BCUT2D eigenvalue weighted by Gasteiger charge is 2.19. The normalized spacial score (nSPS) is 23.8. The van der Waals surface area contributed by atoms with E-state index in [1.165, 1.54) is 19.4 Å². The summed E-state index contributed by atoms with van der Waals surface area (Å²) in [6.07, 6.45) is 5.35. The van der Waals surface area contributed by atoms with Crippen molar-refractivity contribution in [3.8, 4) is 0 Å². The quantitative estimate of drug-likeness (QED) is 0.863. The number of hydrogen-bond acceptors (Lipinski definition) is 4. The van der Waals surface area contributed by atoms with Gasteiger partial charge in [-0.05, 0) is 39.3 Å². The van der Waals surface area contributed by atoms with Crippen LogP contribution >= 0.6 is 0 Å². The van der Waals surface area contributed by atoms with Crippen LogP contribution in [0.3, 0.4) is 0 Å². The molecule has 2 heterocycles. The van der Waals surface area contributed by atoms with Gasteiger partial charge in [0, 0.05) is 19.4 Å². The van der Waals surface area contributed by atoms with E-state index < -0.39 is 0 Å². The molecule has 17 heavy (non-hydrogen) atoms. The van der Waals surface area contributed by atoms with Crippen molar-refractivity contribution in [3.63, 3.8) is 0 Å². The van der Waals surface area contributed by atoms with E-state index in [-0.39, 0.29) is 6.10 Å². The molecule has 1 aromatic heterocycles. The molecule has 2 atom stereocenters. The van der Waals surface area contributed by atoms with Crippen LogP contribution in [0.5, 0.6) is 0 Å². The molecule has 1 N–H and O–H groups in total.